The number of hydrogen-bond donors (Lipinski definition) is 0. The quantitative estimate of drug-likeness (QED) is 0.701. The summed E-state index contributed by atoms with van der Waals surface area (Å²) < 4.78 is 0. The average Bonchev–Trinajstić information content (AvgIpc) is 2.85. The van der Waals surface area contributed by atoms with E-state index in [4.69, 9.17) is 0 Å². The van der Waals surface area contributed by atoms with E-state index in [1.165, 1.54) is 31.3 Å². The highest BCUT2D eigenvalue weighted by Crippen LogP contribution is 2.66. The van der Waals surface area contributed by atoms with Crippen LogP contribution >= 0.6 is 0 Å². The molecule has 0 aromatic rings. The van der Waals surface area contributed by atoms with Gasteiger partial charge in [0.1, 0.15) is 5.78 Å². The molecule has 2 nitrogen and oxygen atoms in total. The van der Waals surface area contributed by atoms with E-state index in [1.807, 2.05) is 6.08 Å². The highest BCUT2D eigenvalue weighted by Gasteiger charge is 2.59. The molecule has 3 saturated carbocycles. The zero-order valence-electron chi connectivity index (χ0n) is 14.9. The molecule has 0 bridgehead atoms. The van der Waals surface area contributed by atoms with Gasteiger partial charge >= 0.3 is 0 Å². The zero-order chi connectivity index (χ0) is 16.4. The Balaban J connectivity index is 1.67. The number of Topliss-reactive ketones (excluding diaryl/α,β-unsaturated/α-hetero) is 1. The van der Waals surface area contributed by atoms with Crippen molar-refractivity contribution in [1.29, 1.82) is 0 Å². The van der Waals surface area contributed by atoms with Gasteiger partial charge in [-0.2, -0.15) is 0 Å². The molecule has 0 aliphatic heterocycles. The normalized spacial score (nSPS) is 49.0. The maximum absolute atomic E-state index is 12.1. The topological polar surface area (TPSA) is 34.1 Å². The van der Waals surface area contributed by atoms with E-state index in [0.717, 1.165) is 43.4 Å². The summed E-state index contributed by atoms with van der Waals surface area (Å²) in [5.74, 6) is 3.29. The first kappa shape index (κ1) is 15.6. The van der Waals surface area contributed by atoms with Gasteiger partial charge in [0.25, 0.3) is 0 Å². The predicted molar refractivity (Wildman–Crippen MR) is 90.9 cm³/mol. The molecule has 0 saturated heterocycles. The number of allylic oxidation sites excluding steroid dienone is 1. The maximum Gasteiger partial charge on any atom is 0.155 e. The number of rotatable bonds is 1. The molecule has 0 aromatic heterocycles. The minimum Gasteiger partial charge on any atom is -0.300 e. The van der Waals surface area contributed by atoms with Gasteiger partial charge in [-0.15, -0.1) is 0 Å². The van der Waals surface area contributed by atoms with Crippen molar-refractivity contribution >= 4 is 11.6 Å². The molecule has 2 heteroatoms. The lowest BCUT2D eigenvalue weighted by molar-refractivity contribution is -0.128. The molecule has 0 spiro atoms. The van der Waals surface area contributed by atoms with Crippen molar-refractivity contribution in [2.24, 2.45) is 34.5 Å². The fourth-order valence-electron chi connectivity index (χ4n) is 7.23. The van der Waals surface area contributed by atoms with Crippen LogP contribution in [0, 0.1) is 34.5 Å². The highest BCUT2D eigenvalue weighted by molar-refractivity contribution is 5.91. The van der Waals surface area contributed by atoms with E-state index in [0.29, 0.717) is 17.5 Å². The molecule has 0 unspecified atom stereocenters. The molecule has 23 heavy (non-hydrogen) atoms. The molecule has 0 aromatic carbocycles. The van der Waals surface area contributed by atoms with Crippen molar-refractivity contribution in [1.82, 2.24) is 0 Å². The SMILES string of the molecule is CC(=O)[C@H]1CC[C@H]2[C@@H]3CCC4=CC(=O)CC[C@@]4(C)[C@@H]3CC[C@@]12C. The molecule has 0 radical (unpaired) electrons. The summed E-state index contributed by atoms with van der Waals surface area (Å²) in [5.41, 5.74) is 1.95. The second-order valence-electron chi connectivity index (χ2n) is 9.25. The van der Waals surface area contributed by atoms with Crippen LogP contribution in [0.2, 0.25) is 0 Å². The van der Waals surface area contributed by atoms with E-state index < -0.39 is 0 Å². The number of carbonyl (C=O) groups excluding carboxylic acids is 2. The Morgan fingerprint density at radius 3 is 2.57 bits per heavy atom. The molecular weight excluding hydrogens is 284 g/mol. The first-order valence-corrected chi connectivity index (χ1v) is 9.60. The Bertz CT molecular complexity index is 589. The predicted octanol–water partition coefficient (Wildman–Crippen LogP) is 4.72. The van der Waals surface area contributed by atoms with Gasteiger partial charge in [0, 0.05) is 12.3 Å². The van der Waals surface area contributed by atoms with Crippen LogP contribution in [0.15, 0.2) is 11.6 Å². The summed E-state index contributed by atoms with van der Waals surface area (Å²) in [4.78, 5) is 24.0. The monoisotopic (exact) mass is 314 g/mol. The molecule has 4 aliphatic rings. The maximum atomic E-state index is 12.1. The van der Waals surface area contributed by atoms with Crippen molar-refractivity contribution in [3.63, 3.8) is 0 Å². The van der Waals surface area contributed by atoms with Gasteiger partial charge in [0.05, 0.1) is 0 Å². The minimum atomic E-state index is 0.245. The first-order chi connectivity index (χ1) is 10.9. The standard InChI is InChI=1S/C21H30O2/c1-13(22)17-6-7-18-16-5-4-14-12-15(23)8-10-20(14,2)19(16)9-11-21(17,18)3/h12,16-19H,4-11H2,1-3H3/t16-,17+,18-,19+,20+,21-/m0/s1. The fourth-order valence-corrected chi connectivity index (χ4v) is 7.23. The lowest BCUT2D eigenvalue weighted by Gasteiger charge is -2.58. The van der Waals surface area contributed by atoms with Gasteiger partial charge in [-0.25, -0.2) is 0 Å². The van der Waals surface area contributed by atoms with Crippen LogP contribution in [0.25, 0.3) is 0 Å². The Hall–Kier alpha value is -0.920. The molecule has 126 valence electrons. The molecular formula is C21H30O2. The lowest BCUT2D eigenvalue weighted by Crippen LogP contribution is -2.51. The van der Waals surface area contributed by atoms with Crippen LogP contribution in [-0.4, -0.2) is 11.6 Å². The largest absolute Gasteiger partial charge is 0.300 e. The Labute approximate surface area is 140 Å². The third kappa shape index (κ3) is 2.06. The molecule has 0 heterocycles. The number of ketones is 2. The van der Waals surface area contributed by atoms with Gasteiger partial charge in [-0.05, 0) is 86.5 Å². The molecule has 0 amide bonds. The van der Waals surface area contributed by atoms with Crippen LogP contribution in [0.1, 0.15) is 72.1 Å². The van der Waals surface area contributed by atoms with Crippen molar-refractivity contribution in [3.05, 3.63) is 11.6 Å². The van der Waals surface area contributed by atoms with Gasteiger partial charge in [-0.3, -0.25) is 9.59 Å². The van der Waals surface area contributed by atoms with Crippen molar-refractivity contribution in [2.75, 3.05) is 0 Å². The van der Waals surface area contributed by atoms with Crippen LogP contribution in [0.3, 0.4) is 0 Å². The smallest absolute Gasteiger partial charge is 0.155 e. The van der Waals surface area contributed by atoms with Crippen molar-refractivity contribution in [3.8, 4) is 0 Å². The van der Waals surface area contributed by atoms with Gasteiger partial charge in [0.15, 0.2) is 5.78 Å². The van der Waals surface area contributed by atoms with Crippen molar-refractivity contribution < 1.29 is 9.59 Å². The summed E-state index contributed by atoms with van der Waals surface area (Å²) in [6, 6.07) is 0. The summed E-state index contributed by atoms with van der Waals surface area (Å²) in [5, 5.41) is 0. The Kier molecular flexibility index (Phi) is 3.42. The third-order valence-electron chi connectivity index (χ3n) is 8.45. The number of carbonyl (C=O) groups is 2. The fraction of sp³-hybridized carbons (Fsp3) is 0.810. The molecule has 0 N–H and O–H groups in total. The summed E-state index contributed by atoms with van der Waals surface area (Å²) in [7, 11) is 0. The minimum absolute atomic E-state index is 0.245. The average molecular weight is 314 g/mol. The highest BCUT2D eigenvalue weighted by atomic mass is 16.1. The molecule has 6 atom stereocenters. The van der Waals surface area contributed by atoms with E-state index in [9.17, 15) is 9.59 Å². The van der Waals surface area contributed by atoms with E-state index in [1.54, 1.807) is 6.92 Å². The molecule has 4 aliphatic carbocycles. The van der Waals surface area contributed by atoms with Crippen LogP contribution < -0.4 is 0 Å². The zero-order valence-corrected chi connectivity index (χ0v) is 14.9. The second kappa shape index (κ2) is 5.04. The Morgan fingerprint density at radius 2 is 1.83 bits per heavy atom. The molecule has 4 rings (SSSR count). The first-order valence-electron chi connectivity index (χ1n) is 9.60. The summed E-state index contributed by atoms with van der Waals surface area (Å²) in [6.07, 6.45) is 10.9. The van der Waals surface area contributed by atoms with Crippen LogP contribution in [0.5, 0.6) is 0 Å². The number of fused-ring (bicyclic) bond motifs is 5. The van der Waals surface area contributed by atoms with E-state index in [2.05, 4.69) is 13.8 Å². The lowest BCUT2D eigenvalue weighted by atomic mass is 9.47. The van der Waals surface area contributed by atoms with Gasteiger partial charge in [-0.1, -0.05) is 19.4 Å². The third-order valence-corrected chi connectivity index (χ3v) is 8.45. The summed E-state index contributed by atoms with van der Waals surface area (Å²) in [6.45, 7) is 6.65. The number of hydrogen-bond acceptors (Lipinski definition) is 2. The van der Waals surface area contributed by atoms with Gasteiger partial charge < -0.3 is 0 Å². The Morgan fingerprint density at radius 1 is 1.04 bits per heavy atom. The summed E-state index contributed by atoms with van der Waals surface area (Å²) >= 11 is 0. The van der Waals surface area contributed by atoms with Gasteiger partial charge in [0.2, 0.25) is 0 Å². The van der Waals surface area contributed by atoms with Crippen LogP contribution in [0.4, 0.5) is 0 Å². The molecule has 3 fully saturated rings. The van der Waals surface area contributed by atoms with Crippen LogP contribution in [-0.2, 0) is 9.59 Å². The van der Waals surface area contributed by atoms with E-state index >= 15 is 0 Å². The van der Waals surface area contributed by atoms with Crippen molar-refractivity contribution in [2.45, 2.75) is 72.1 Å². The second-order valence-corrected chi connectivity index (χ2v) is 9.25. The van der Waals surface area contributed by atoms with E-state index in [-0.39, 0.29) is 10.8 Å².